The smallest absolute Gasteiger partial charge is 0.298 e. The van der Waals surface area contributed by atoms with Crippen molar-refractivity contribution in [3.63, 3.8) is 0 Å². The zero-order valence-electron chi connectivity index (χ0n) is 17.5. The van der Waals surface area contributed by atoms with Gasteiger partial charge in [0, 0.05) is 25.3 Å². The van der Waals surface area contributed by atoms with Crippen LogP contribution in [-0.2, 0) is 19.9 Å². The standard InChI is InChI=1S/C24H25NO4S/c1-17(2)28-21-15-11-19(12-16-21)24(18-9-13-20(14-10-18)25(3)4)22-7-5-6-8-23(22)30(26,27)29-24/h5-17H,1-4H3. The maximum atomic E-state index is 12.9. The SMILES string of the molecule is CC(C)Oc1ccc(C2(c3ccc(N(C)C)cc3)OS(=O)(=O)c3ccccc32)cc1. The maximum absolute atomic E-state index is 12.9. The molecule has 3 aromatic carbocycles. The van der Waals surface area contributed by atoms with E-state index in [0.717, 1.165) is 22.6 Å². The van der Waals surface area contributed by atoms with E-state index in [1.165, 1.54) is 0 Å². The first-order valence-corrected chi connectivity index (χ1v) is 11.2. The molecule has 4 rings (SSSR count). The average Bonchev–Trinajstić information content (AvgIpc) is 2.97. The van der Waals surface area contributed by atoms with Crippen LogP contribution in [0, 0.1) is 0 Å². The molecule has 1 unspecified atom stereocenters. The first-order valence-electron chi connectivity index (χ1n) is 9.84. The number of hydrogen-bond acceptors (Lipinski definition) is 5. The van der Waals surface area contributed by atoms with Gasteiger partial charge in [0.25, 0.3) is 10.1 Å². The molecule has 0 fully saturated rings. The van der Waals surface area contributed by atoms with Gasteiger partial charge in [-0.3, -0.25) is 0 Å². The second kappa shape index (κ2) is 7.45. The second-order valence-electron chi connectivity index (χ2n) is 7.85. The van der Waals surface area contributed by atoms with Gasteiger partial charge in [-0.15, -0.1) is 0 Å². The quantitative estimate of drug-likeness (QED) is 0.564. The molecule has 0 bridgehead atoms. The Labute approximate surface area is 178 Å². The van der Waals surface area contributed by atoms with Gasteiger partial charge in [-0.25, -0.2) is 4.18 Å². The fourth-order valence-corrected chi connectivity index (χ4v) is 5.27. The summed E-state index contributed by atoms with van der Waals surface area (Å²) in [5.74, 6) is 0.723. The lowest BCUT2D eigenvalue weighted by atomic mass is 9.80. The van der Waals surface area contributed by atoms with Crippen molar-refractivity contribution in [2.75, 3.05) is 19.0 Å². The van der Waals surface area contributed by atoms with E-state index in [0.29, 0.717) is 5.56 Å². The fraction of sp³-hybridized carbons (Fsp3) is 0.250. The zero-order valence-corrected chi connectivity index (χ0v) is 18.3. The molecule has 1 aliphatic heterocycles. The number of fused-ring (bicyclic) bond motifs is 1. The average molecular weight is 424 g/mol. The molecule has 1 atom stereocenters. The van der Waals surface area contributed by atoms with Crippen molar-refractivity contribution in [1.82, 2.24) is 0 Å². The van der Waals surface area contributed by atoms with Crippen LogP contribution in [0.1, 0.15) is 30.5 Å². The van der Waals surface area contributed by atoms with Crippen LogP contribution in [0.5, 0.6) is 5.75 Å². The number of rotatable bonds is 5. The minimum Gasteiger partial charge on any atom is -0.491 e. The van der Waals surface area contributed by atoms with Gasteiger partial charge >= 0.3 is 0 Å². The summed E-state index contributed by atoms with van der Waals surface area (Å²) in [6.07, 6.45) is 0.0484. The number of nitrogens with zero attached hydrogens (tertiary/aromatic N) is 1. The lowest BCUT2D eigenvalue weighted by Crippen LogP contribution is -2.29. The Balaban J connectivity index is 1.93. The Hall–Kier alpha value is -2.83. The Morgan fingerprint density at radius 2 is 1.43 bits per heavy atom. The summed E-state index contributed by atoms with van der Waals surface area (Å²) in [5, 5.41) is 0. The van der Waals surface area contributed by atoms with Gasteiger partial charge in [-0.05, 0) is 55.3 Å². The zero-order chi connectivity index (χ0) is 21.5. The molecule has 0 saturated carbocycles. The van der Waals surface area contributed by atoms with Crippen molar-refractivity contribution >= 4 is 15.8 Å². The van der Waals surface area contributed by atoms with Gasteiger partial charge < -0.3 is 9.64 Å². The molecule has 0 aromatic heterocycles. The molecular weight excluding hydrogens is 398 g/mol. The Morgan fingerprint density at radius 1 is 0.867 bits per heavy atom. The van der Waals surface area contributed by atoms with Gasteiger partial charge in [-0.2, -0.15) is 8.42 Å². The first kappa shape index (κ1) is 20.4. The van der Waals surface area contributed by atoms with Crippen LogP contribution in [0.2, 0.25) is 0 Å². The maximum Gasteiger partial charge on any atom is 0.298 e. The van der Waals surface area contributed by atoms with E-state index < -0.39 is 15.7 Å². The van der Waals surface area contributed by atoms with Crippen LogP contribution >= 0.6 is 0 Å². The Morgan fingerprint density at radius 3 is 2.00 bits per heavy atom. The van der Waals surface area contributed by atoms with Gasteiger partial charge in [0.2, 0.25) is 0 Å². The number of benzene rings is 3. The molecular formula is C24H25NO4S. The first-order chi connectivity index (χ1) is 14.2. The van der Waals surface area contributed by atoms with Crippen LogP contribution in [0.4, 0.5) is 5.69 Å². The highest BCUT2D eigenvalue weighted by atomic mass is 32.2. The van der Waals surface area contributed by atoms with Crippen molar-refractivity contribution in [3.05, 3.63) is 89.5 Å². The van der Waals surface area contributed by atoms with E-state index in [-0.39, 0.29) is 11.0 Å². The monoisotopic (exact) mass is 423 g/mol. The van der Waals surface area contributed by atoms with E-state index in [1.807, 2.05) is 93.5 Å². The number of anilines is 1. The van der Waals surface area contributed by atoms with E-state index in [4.69, 9.17) is 8.92 Å². The molecule has 0 radical (unpaired) electrons. The minimum absolute atomic E-state index is 0.0484. The van der Waals surface area contributed by atoms with Crippen LogP contribution < -0.4 is 9.64 Å². The number of hydrogen-bond donors (Lipinski definition) is 0. The minimum atomic E-state index is -3.91. The molecule has 0 aliphatic carbocycles. The summed E-state index contributed by atoms with van der Waals surface area (Å²) in [4.78, 5) is 2.19. The van der Waals surface area contributed by atoms with Gasteiger partial charge in [-0.1, -0.05) is 42.5 Å². The van der Waals surface area contributed by atoms with Crippen LogP contribution in [0.15, 0.2) is 77.7 Å². The highest BCUT2D eigenvalue weighted by Crippen LogP contribution is 2.50. The molecule has 0 spiro atoms. The third-order valence-electron chi connectivity index (χ3n) is 5.19. The van der Waals surface area contributed by atoms with Crippen molar-refractivity contribution < 1.29 is 17.3 Å². The van der Waals surface area contributed by atoms with E-state index in [1.54, 1.807) is 12.1 Å². The largest absolute Gasteiger partial charge is 0.491 e. The van der Waals surface area contributed by atoms with Gasteiger partial charge in [0.1, 0.15) is 10.6 Å². The van der Waals surface area contributed by atoms with Crippen molar-refractivity contribution in [2.24, 2.45) is 0 Å². The molecule has 0 N–H and O–H groups in total. The van der Waals surface area contributed by atoms with Crippen molar-refractivity contribution in [2.45, 2.75) is 30.4 Å². The third kappa shape index (κ3) is 3.36. The molecule has 1 aliphatic rings. The summed E-state index contributed by atoms with van der Waals surface area (Å²) in [6.45, 7) is 3.93. The summed E-state index contributed by atoms with van der Waals surface area (Å²) >= 11 is 0. The molecule has 1 heterocycles. The molecule has 156 valence electrons. The predicted molar refractivity (Wildman–Crippen MR) is 118 cm³/mol. The highest BCUT2D eigenvalue weighted by molar-refractivity contribution is 7.87. The molecule has 5 nitrogen and oxygen atoms in total. The lowest BCUT2D eigenvalue weighted by Gasteiger charge is -2.30. The van der Waals surface area contributed by atoms with E-state index >= 15 is 0 Å². The van der Waals surface area contributed by atoms with Crippen molar-refractivity contribution in [1.29, 1.82) is 0 Å². The van der Waals surface area contributed by atoms with Crippen LogP contribution in [0.25, 0.3) is 0 Å². The third-order valence-corrected chi connectivity index (χ3v) is 6.56. The fourth-order valence-electron chi connectivity index (χ4n) is 3.84. The molecule has 6 heteroatoms. The van der Waals surface area contributed by atoms with Crippen LogP contribution in [-0.4, -0.2) is 28.6 Å². The highest BCUT2D eigenvalue weighted by Gasteiger charge is 2.51. The Kier molecular flexibility index (Phi) is 5.08. The predicted octanol–water partition coefficient (Wildman–Crippen LogP) is 4.55. The lowest BCUT2D eigenvalue weighted by molar-refractivity contribution is 0.180. The normalized spacial score (nSPS) is 19.5. The summed E-state index contributed by atoms with van der Waals surface area (Å²) < 4.78 is 37.6. The molecule has 0 saturated heterocycles. The number of ether oxygens (including phenoxy) is 1. The summed E-state index contributed by atoms with van der Waals surface area (Å²) in [7, 11) is 0.0180. The van der Waals surface area contributed by atoms with E-state index in [9.17, 15) is 8.42 Å². The van der Waals surface area contributed by atoms with Gasteiger partial charge in [0.15, 0.2) is 5.60 Å². The van der Waals surface area contributed by atoms with Gasteiger partial charge in [0.05, 0.1) is 6.10 Å². The molecule has 30 heavy (non-hydrogen) atoms. The van der Waals surface area contributed by atoms with E-state index in [2.05, 4.69) is 0 Å². The summed E-state index contributed by atoms with van der Waals surface area (Å²) in [6, 6.07) is 22.2. The molecule has 0 amide bonds. The van der Waals surface area contributed by atoms with Crippen molar-refractivity contribution in [3.8, 4) is 5.75 Å². The molecule has 3 aromatic rings. The topological polar surface area (TPSA) is 55.8 Å². The Bertz CT molecular complexity index is 1150. The summed E-state index contributed by atoms with van der Waals surface area (Å²) in [5.41, 5.74) is 1.85. The van der Waals surface area contributed by atoms with Crippen LogP contribution in [0.3, 0.4) is 0 Å². The second-order valence-corrected chi connectivity index (χ2v) is 9.36.